The second kappa shape index (κ2) is 4.38. The van der Waals surface area contributed by atoms with Crippen molar-refractivity contribution in [2.45, 2.75) is 13.8 Å². The maximum absolute atomic E-state index is 5.78. The summed E-state index contributed by atoms with van der Waals surface area (Å²) in [7, 11) is 0. The van der Waals surface area contributed by atoms with E-state index in [9.17, 15) is 0 Å². The maximum Gasteiger partial charge on any atom is 0.222 e. The summed E-state index contributed by atoms with van der Waals surface area (Å²) in [5, 5.41) is 1.07. The number of nitrogens with zero attached hydrogens (tertiary/aromatic N) is 2. The molecule has 0 radical (unpaired) electrons. The molecule has 0 aliphatic carbocycles. The van der Waals surface area contributed by atoms with E-state index >= 15 is 0 Å². The number of ether oxygens (including phenoxy) is 1. The van der Waals surface area contributed by atoms with Gasteiger partial charge in [0, 0.05) is 17.8 Å². The summed E-state index contributed by atoms with van der Waals surface area (Å²) in [4.78, 5) is 8.67. The lowest BCUT2D eigenvalue weighted by Crippen LogP contribution is -1.90. The number of hydrogen-bond donors (Lipinski definition) is 0. The highest BCUT2D eigenvalue weighted by Crippen LogP contribution is 2.28. The van der Waals surface area contributed by atoms with Gasteiger partial charge in [0.15, 0.2) is 0 Å². The molecule has 0 aliphatic heterocycles. The molecule has 3 nitrogen and oxygen atoms in total. The standard InChI is InChI=1S/C14H12N2OS/c1-9-4-3-7-15-14(9)17-11-5-6-13-12(8-11)16-10(2)18-13/h3-8H,1-2H3. The zero-order valence-electron chi connectivity index (χ0n) is 10.2. The molecule has 0 saturated carbocycles. The summed E-state index contributed by atoms with van der Waals surface area (Å²) in [6, 6.07) is 9.82. The molecule has 3 rings (SSSR count). The number of aromatic nitrogens is 2. The Balaban J connectivity index is 1.97. The molecule has 90 valence electrons. The summed E-state index contributed by atoms with van der Waals surface area (Å²) < 4.78 is 6.96. The van der Waals surface area contributed by atoms with Crippen LogP contribution < -0.4 is 4.74 Å². The first-order valence-electron chi connectivity index (χ1n) is 5.69. The lowest BCUT2D eigenvalue weighted by Gasteiger charge is -2.06. The Bertz CT molecular complexity index is 706. The molecule has 0 spiro atoms. The van der Waals surface area contributed by atoms with Crippen LogP contribution in [0.15, 0.2) is 36.5 Å². The van der Waals surface area contributed by atoms with Crippen LogP contribution in [-0.2, 0) is 0 Å². The van der Waals surface area contributed by atoms with Crippen molar-refractivity contribution in [2.75, 3.05) is 0 Å². The Morgan fingerprint density at radius 3 is 2.89 bits per heavy atom. The van der Waals surface area contributed by atoms with E-state index in [0.29, 0.717) is 5.88 Å². The quantitative estimate of drug-likeness (QED) is 0.692. The van der Waals surface area contributed by atoms with E-state index in [2.05, 4.69) is 9.97 Å². The van der Waals surface area contributed by atoms with Gasteiger partial charge in [0.1, 0.15) is 5.75 Å². The highest BCUT2D eigenvalue weighted by atomic mass is 32.1. The topological polar surface area (TPSA) is 35.0 Å². The molecule has 0 fully saturated rings. The number of pyridine rings is 1. The molecule has 0 saturated heterocycles. The van der Waals surface area contributed by atoms with Crippen molar-refractivity contribution in [1.82, 2.24) is 9.97 Å². The molecular weight excluding hydrogens is 244 g/mol. The molecule has 0 amide bonds. The summed E-state index contributed by atoms with van der Waals surface area (Å²) in [6.45, 7) is 3.99. The molecule has 3 aromatic rings. The van der Waals surface area contributed by atoms with Gasteiger partial charge >= 0.3 is 0 Å². The fourth-order valence-corrected chi connectivity index (χ4v) is 2.58. The smallest absolute Gasteiger partial charge is 0.222 e. The molecule has 0 unspecified atom stereocenters. The predicted molar refractivity (Wildman–Crippen MR) is 73.4 cm³/mol. The van der Waals surface area contributed by atoms with Gasteiger partial charge in [0.05, 0.1) is 15.2 Å². The molecule has 0 bridgehead atoms. The van der Waals surface area contributed by atoms with Gasteiger partial charge in [-0.2, -0.15) is 0 Å². The second-order valence-electron chi connectivity index (χ2n) is 4.09. The summed E-state index contributed by atoms with van der Waals surface area (Å²) >= 11 is 1.69. The Hall–Kier alpha value is -1.94. The van der Waals surface area contributed by atoms with E-state index in [1.807, 2.05) is 44.2 Å². The predicted octanol–water partition coefficient (Wildman–Crippen LogP) is 4.10. The fourth-order valence-electron chi connectivity index (χ4n) is 1.78. The van der Waals surface area contributed by atoms with Crippen molar-refractivity contribution < 1.29 is 4.74 Å². The number of hydrogen-bond acceptors (Lipinski definition) is 4. The van der Waals surface area contributed by atoms with Crippen LogP contribution in [0.3, 0.4) is 0 Å². The van der Waals surface area contributed by atoms with Crippen LogP contribution in [0.25, 0.3) is 10.2 Å². The van der Waals surface area contributed by atoms with Gasteiger partial charge in [-0.15, -0.1) is 11.3 Å². The van der Waals surface area contributed by atoms with E-state index in [1.54, 1.807) is 17.5 Å². The first kappa shape index (κ1) is 11.2. The van der Waals surface area contributed by atoms with Gasteiger partial charge in [-0.25, -0.2) is 9.97 Å². The maximum atomic E-state index is 5.78. The first-order chi connectivity index (χ1) is 8.72. The Morgan fingerprint density at radius 2 is 2.06 bits per heavy atom. The van der Waals surface area contributed by atoms with Crippen molar-refractivity contribution in [3.8, 4) is 11.6 Å². The van der Waals surface area contributed by atoms with E-state index in [0.717, 1.165) is 21.8 Å². The van der Waals surface area contributed by atoms with Crippen LogP contribution in [0.5, 0.6) is 11.6 Å². The van der Waals surface area contributed by atoms with E-state index in [4.69, 9.17) is 4.74 Å². The first-order valence-corrected chi connectivity index (χ1v) is 6.51. The van der Waals surface area contributed by atoms with Crippen molar-refractivity contribution in [2.24, 2.45) is 0 Å². The molecule has 18 heavy (non-hydrogen) atoms. The summed E-state index contributed by atoms with van der Waals surface area (Å²) in [5.41, 5.74) is 2.00. The monoisotopic (exact) mass is 256 g/mol. The Kier molecular flexibility index (Phi) is 2.72. The van der Waals surface area contributed by atoms with Crippen LogP contribution >= 0.6 is 11.3 Å². The van der Waals surface area contributed by atoms with Crippen molar-refractivity contribution in [3.63, 3.8) is 0 Å². The molecular formula is C14H12N2OS. The van der Waals surface area contributed by atoms with Crippen LogP contribution in [0.2, 0.25) is 0 Å². The van der Waals surface area contributed by atoms with Crippen LogP contribution in [0, 0.1) is 13.8 Å². The van der Waals surface area contributed by atoms with Gasteiger partial charge in [0.25, 0.3) is 0 Å². The number of thiazole rings is 1. The van der Waals surface area contributed by atoms with Crippen LogP contribution in [0.4, 0.5) is 0 Å². The van der Waals surface area contributed by atoms with Crippen molar-refractivity contribution in [1.29, 1.82) is 0 Å². The molecule has 4 heteroatoms. The number of benzene rings is 1. The number of aryl methyl sites for hydroxylation is 2. The van der Waals surface area contributed by atoms with Gasteiger partial charge in [0.2, 0.25) is 5.88 Å². The molecule has 2 aromatic heterocycles. The Labute approximate surface area is 109 Å². The van der Waals surface area contributed by atoms with Gasteiger partial charge in [-0.1, -0.05) is 6.07 Å². The molecule has 1 aromatic carbocycles. The Morgan fingerprint density at radius 1 is 1.17 bits per heavy atom. The van der Waals surface area contributed by atoms with Crippen LogP contribution in [0.1, 0.15) is 10.6 Å². The molecule has 2 heterocycles. The van der Waals surface area contributed by atoms with Crippen molar-refractivity contribution >= 4 is 21.6 Å². The molecule has 0 aliphatic rings. The highest BCUT2D eigenvalue weighted by Gasteiger charge is 2.05. The minimum atomic E-state index is 0.642. The number of rotatable bonds is 2. The normalized spacial score (nSPS) is 10.8. The average Bonchev–Trinajstić information content (AvgIpc) is 2.71. The fraction of sp³-hybridized carbons (Fsp3) is 0.143. The van der Waals surface area contributed by atoms with Crippen molar-refractivity contribution in [3.05, 3.63) is 47.1 Å². The van der Waals surface area contributed by atoms with Gasteiger partial charge in [-0.05, 0) is 32.0 Å². The second-order valence-corrected chi connectivity index (χ2v) is 5.32. The summed E-state index contributed by atoms with van der Waals surface area (Å²) in [5.74, 6) is 1.42. The third kappa shape index (κ3) is 2.07. The minimum absolute atomic E-state index is 0.642. The minimum Gasteiger partial charge on any atom is -0.439 e. The lowest BCUT2D eigenvalue weighted by atomic mass is 10.3. The largest absolute Gasteiger partial charge is 0.439 e. The molecule has 0 N–H and O–H groups in total. The number of fused-ring (bicyclic) bond motifs is 1. The average molecular weight is 256 g/mol. The lowest BCUT2D eigenvalue weighted by molar-refractivity contribution is 0.459. The van der Waals surface area contributed by atoms with Gasteiger partial charge < -0.3 is 4.74 Å². The van der Waals surface area contributed by atoms with Gasteiger partial charge in [-0.3, -0.25) is 0 Å². The SMILES string of the molecule is Cc1nc2cc(Oc3ncccc3C)ccc2s1. The third-order valence-corrected chi connectivity index (χ3v) is 3.59. The third-order valence-electron chi connectivity index (χ3n) is 2.64. The van der Waals surface area contributed by atoms with E-state index in [1.165, 1.54) is 4.70 Å². The zero-order chi connectivity index (χ0) is 12.5. The highest BCUT2D eigenvalue weighted by molar-refractivity contribution is 7.18. The molecule has 0 atom stereocenters. The van der Waals surface area contributed by atoms with E-state index < -0.39 is 0 Å². The zero-order valence-corrected chi connectivity index (χ0v) is 11.0. The summed E-state index contributed by atoms with van der Waals surface area (Å²) in [6.07, 6.45) is 1.73. The van der Waals surface area contributed by atoms with Crippen LogP contribution in [-0.4, -0.2) is 9.97 Å². The van der Waals surface area contributed by atoms with E-state index in [-0.39, 0.29) is 0 Å².